The maximum atomic E-state index is 14.5. The van der Waals surface area contributed by atoms with E-state index in [2.05, 4.69) is 60.2 Å². The van der Waals surface area contributed by atoms with Crippen LogP contribution in [0.3, 0.4) is 0 Å². The number of anilines is 3. The molecule has 0 spiro atoms. The third-order valence-electron chi connectivity index (χ3n) is 6.08. The van der Waals surface area contributed by atoms with E-state index in [1.807, 2.05) is 24.3 Å². The van der Waals surface area contributed by atoms with Gasteiger partial charge in [0.1, 0.15) is 5.75 Å². The quantitative estimate of drug-likeness (QED) is 0.749. The number of benzene rings is 1. The molecule has 1 atom stereocenters. The van der Waals surface area contributed by atoms with Crippen LogP contribution in [0, 0.1) is 5.82 Å². The van der Waals surface area contributed by atoms with Crippen molar-refractivity contribution >= 4 is 17.5 Å². The summed E-state index contributed by atoms with van der Waals surface area (Å²) in [5, 5.41) is 6.45. The van der Waals surface area contributed by atoms with Gasteiger partial charge in [-0.3, -0.25) is 4.90 Å². The average Bonchev–Trinajstić information content (AvgIpc) is 2.74. The van der Waals surface area contributed by atoms with Crippen LogP contribution >= 0.6 is 0 Å². The van der Waals surface area contributed by atoms with E-state index < -0.39 is 5.82 Å². The van der Waals surface area contributed by atoms with Crippen molar-refractivity contribution in [3.8, 4) is 5.75 Å². The number of rotatable bonds is 5. The molecule has 0 saturated carbocycles. The summed E-state index contributed by atoms with van der Waals surface area (Å²) in [6, 6.07) is 7.58. The molecule has 1 fully saturated rings. The number of hydrogen-bond donors (Lipinski definition) is 2. The highest BCUT2D eigenvalue weighted by Crippen LogP contribution is 2.36. The largest absolute Gasteiger partial charge is 0.497 e. The topological polar surface area (TPSA) is 62.3 Å². The molecule has 0 aliphatic carbocycles. The number of aromatic nitrogens is 2. The molecule has 2 N–H and O–H groups in total. The van der Waals surface area contributed by atoms with Crippen LogP contribution < -0.4 is 15.4 Å². The highest BCUT2D eigenvalue weighted by atomic mass is 19.1. The summed E-state index contributed by atoms with van der Waals surface area (Å²) >= 11 is 0. The van der Waals surface area contributed by atoms with Gasteiger partial charge in [-0.1, -0.05) is 6.07 Å². The van der Waals surface area contributed by atoms with Gasteiger partial charge in [-0.25, -0.2) is 9.37 Å². The highest BCUT2D eigenvalue weighted by molar-refractivity contribution is 5.57. The zero-order chi connectivity index (χ0) is 21.2. The molecule has 1 aliphatic heterocycles. The average molecular weight is 402 g/mol. The number of nitrogens with zero attached hydrogens (tertiary/aromatic N) is 3. The van der Waals surface area contributed by atoms with Crippen LogP contribution in [-0.2, 0) is 0 Å². The smallest absolute Gasteiger partial charge is 0.229 e. The van der Waals surface area contributed by atoms with E-state index in [0.717, 1.165) is 30.7 Å². The van der Waals surface area contributed by atoms with Crippen LogP contribution in [-0.4, -0.2) is 46.1 Å². The first-order chi connectivity index (χ1) is 13.6. The Morgan fingerprint density at radius 1 is 1.21 bits per heavy atom. The van der Waals surface area contributed by atoms with Crippen molar-refractivity contribution < 1.29 is 9.13 Å². The molecule has 1 aromatic heterocycles. The van der Waals surface area contributed by atoms with Gasteiger partial charge in [0, 0.05) is 28.9 Å². The fourth-order valence-electron chi connectivity index (χ4n) is 4.03. The number of halogens is 1. The highest BCUT2D eigenvalue weighted by Gasteiger charge is 2.40. The van der Waals surface area contributed by atoms with Crippen LogP contribution in [0.1, 0.15) is 47.0 Å². The molecule has 1 saturated heterocycles. The molecule has 6 nitrogen and oxygen atoms in total. The van der Waals surface area contributed by atoms with Crippen molar-refractivity contribution in [2.75, 3.05) is 24.8 Å². The predicted octanol–water partition coefficient (Wildman–Crippen LogP) is 4.82. The van der Waals surface area contributed by atoms with Gasteiger partial charge in [0.15, 0.2) is 11.6 Å². The van der Waals surface area contributed by atoms with Gasteiger partial charge in [-0.2, -0.15) is 4.98 Å². The van der Waals surface area contributed by atoms with Crippen LogP contribution in [0.15, 0.2) is 30.5 Å². The monoisotopic (exact) mass is 401 g/mol. The van der Waals surface area contributed by atoms with Gasteiger partial charge >= 0.3 is 0 Å². The minimum atomic E-state index is -0.448. The lowest BCUT2D eigenvalue weighted by atomic mass is 9.92. The van der Waals surface area contributed by atoms with E-state index in [4.69, 9.17) is 4.74 Å². The Kier molecular flexibility index (Phi) is 5.98. The summed E-state index contributed by atoms with van der Waals surface area (Å²) in [5.41, 5.74) is 0.854. The van der Waals surface area contributed by atoms with Crippen molar-refractivity contribution in [2.45, 2.75) is 64.1 Å². The van der Waals surface area contributed by atoms with Gasteiger partial charge in [0.05, 0.1) is 13.3 Å². The molecule has 2 aromatic rings. The molecule has 7 heteroatoms. The Bertz CT molecular complexity index is 855. The third kappa shape index (κ3) is 4.96. The molecule has 158 valence electrons. The lowest BCUT2D eigenvalue weighted by Crippen LogP contribution is -2.52. The van der Waals surface area contributed by atoms with E-state index in [1.165, 1.54) is 6.20 Å². The molecule has 29 heavy (non-hydrogen) atoms. The van der Waals surface area contributed by atoms with Gasteiger partial charge in [0.25, 0.3) is 0 Å². The lowest BCUT2D eigenvalue weighted by molar-refractivity contribution is 0.0488. The normalized spacial score (nSPS) is 21.3. The maximum Gasteiger partial charge on any atom is 0.229 e. The van der Waals surface area contributed by atoms with Gasteiger partial charge in [-0.15, -0.1) is 0 Å². The third-order valence-corrected chi connectivity index (χ3v) is 6.08. The predicted molar refractivity (Wildman–Crippen MR) is 115 cm³/mol. The lowest BCUT2D eigenvalue weighted by Gasteiger charge is -2.44. The Balaban J connectivity index is 1.78. The Hall–Kier alpha value is -2.41. The number of hydrogen-bond acceptors (Lipinski definition) is 6. The molecule has 1 aromatic carbocycles. The first kappa shape index (κ1) is 21.3. The number of methoxy groups -OCH3 is 1. The summed E-state index contributed by atoms with van der Waals surface area (Å²) in [4.78, 5) is 10.9. The SMILES string of the molecule is COc1cccc(Nc2ncc(F)c(NC3CCC(C)(C)N(C)C(C)(C)C3)n2)c1. The fourth-order valence-corrected chi connectivity index (χ4v) is 4.03. The number of nitrogens with one attached hydrogen (secondary N) is 2. The van der Waals surface area contributed by atoms with E-state index in [-0.39, 0.29) is 22.9 Å². The summed E-state index contributed by atoms with van der Waals surface area (Å²) in [7, 11) is 3.78. The summed E-state index contributed by atoms with van der Waals surface area (Å²) in [6.45, 7) is 9.00. The van der Waals surface area contributed by atoms with E-state index in [9.17, 15) is 4.39 Å². The van der Waals surface area contributed by atoms with E-state index >= 15 is 0 Å². The van der Waals surface area contributed by atoms with Gasteiger partial charge < -0.3 is 15.4 Å². The van der Waals surface area contributed by atoms with E-state index in [1.54, 1.807) is 7.11 Å². The van der Waals surface area contributed by atoms with Crippen LogP contribution in [0.25, 0.3) is 0 Å². The minimum Gasteiger partial charge on any atom is -0.497 e. The Labute approximate surface area is 172 Å². The molecule has 2 heterocycles. The van der Waals surface area contributed by atoms with Crippen LogP contribution in [0.4, 0.5) is 21.8 Å². The first-order valence-corrected chi connectivity index (χ1v) is 10.0. The zero-order valence-electron chi connectivity index (χ0n) is 18.2. The van der Waals surface area contributed by atoms with Crippen molar-refractivity contribution in [3.63, 3.8) is 0 Å². The fraction of sp³-hybridized carbons (Fsp3) is 0.545. The van der Waals surface area contributed by atoms with Crippen LogP contribution in [0.5, 0.6) is 5.75 Å². The zero-order valence-corrected chi connectivity index (χ0v) is 18.2. The van der Waals surface area contributed by atoms with E-state index in [0.29, 0.717) is 5.95 Å². The van der Waals surface area contributed by atoms with Crippen LogP contribution in [0.2, 0.25) is 0 Å². The van der Waals surface area contributed by atoms with Crippen molar-refractivity contribution in [2.24, 2.45) is 0 Å². The molecule has 3 rings (SSSR count). The summed E-state index contributed by atoms with van der Waals surface area (Å²) in [5.74, 6) is 0.847. The Morgan fingerprint density at radius 2 is 1.97 bits per heavy atom. The minimum absolute atomic E-state index is 0.0111. The standard InChI is InChI=1S/C22H32FN5O/c1-21(2)11-10-16(13-22(3,4)28(21)5)25-19-18(23)14-24-20(27-19)26-15-8-7-9-17(12-15)29-6/h7-9,12,14,16H,10-11,13H2,1-6H3,(H2,24,25,26,27). The Morgan fingerprint density at radius 3 is 2.69 bits per heavy atom. The second kappa shape index (κ2) is 8.14. The molecule has 0 bridgehead atoms. The van der Waals surface area contributed by atoms with Gasteiger partial charge in [-0.05, 0) is 66.1 Å². The molecular formula is C22H32FN5O. The molecule has 0 amide bonds. The van der Waals surface area contributed by atoms with Crippen molar-refractivity contribution in [1.29, 1.82) is 0 Å². The second-order valence-electron chi connectivity index (χ2n) is 9.02. The molecular weight excluding hydrogens is 369 g/mol. The maximum absolute atomic E-state index is 14.5. The number of ether oxygens (including phenoxy) is 1. The number of likely N-dealkylation sites (tertiary alicyclic amines) is 1. The molecule has 1 unspecified atom stereocenters. The molecule has 1 aliphatic rings. The van der Waals surface area contributed by atoms with Gasteiger partial charge in [0.2, 0.25) is 5.95 Å². The second-order valence-corrected chi connectivity index (χ2v) is 9.02. The first-order valence-electron chi connectivity index (χ1n) is 10.0. The van der Waals surface area contributed by atoms with Crippen molar-refractivity contribution in [3.05, 3.63) is 36.3 Å². The summed E-state index contributed by atoms with van der Waals surface area (Å²) in [6.07, 6.45) is 4.07. The van der Waals surface area contributed by atoms with Crippen molar-refractivity contribution in [1.82, 2.24) is 14.9 Å². The summed E-state index contributed by atoms with van der Waals surface area (Å²) < 4.78 is 19.7. The molecule has 0 radical (unpaired) electrons.